The molecule has 0 saturated heterocycles. The van der Waals surface area contributed by atoms with E-state index in [4.69, 9.17) is 9.15 Å². The Kier molecular flexibility index (Phi) is 3.93. The van der Waals surface area contributed by atoms with Crippen molar-refractivity contribution in [3.05, 3.63) is 65.9 Å². The molecule has 0 saturated carbocycles. The second kappa shape index (κ2) is 6.02. The van der Waals surface area contributed by atoms with Crippen molar-refractivity contribution in [3.8, 4) is 5.75 Å². The van der Waals surface area contributed by atoms with Gasteiger partial charge in [0, 0.05) is 5.39 Å². The minimum absolute atomic E-state index is 0.158. The minimum Gasteiger partial charge on any atom is -0.497 e. The van der Waals surface area contributed by atoms with Crippen LogP contribution in [0.4, 0.5) is 0 Å². The van der Waals surface area contributed by atoms with E-state index in [0.29, 0.717) is 0 Å². The summed E-state index contributed by atoms with van der Waals surface area (Å²) in [6.07, 6.45) is 0.875. The zero-order valence-corrected chi connectivity index (χ0v) is 12.3. The third kappa shape index (κ3) is 2.93. The summed E-state index contributed by atoms with van der Waals surface area (Å²) < 4.78 is 11.1. The molecule has 21 heavy (non-hydrogen) atoms. The average molecular weight is 281 g/mol. The summed E-state index contributed by atoms with van der Waals surface area (Å²) in [5.41, 5.74) is 2.18. The van der Waals surface area contributed by atoms with Crippen LogP contribution in [-0.4, -0.2) is 14.2 Å². The number of hydrogen-bond donors (Lipinski definition) is 1. The first-order valence-corrected chi connectivity index (χ1v) is 7.09. The highest BCUT2D eigenvalue weighted by Crippen LogP contribution is 2.26. The van der Waals surface area contributed by atoms with Crippen molar-refractivity contribution < 1.29 is 9.15 Å². The van der Waals surface area contributed by atoms with Gasteiger partial charge in [0.1, 0.15) is 17.1 Å². The molecule has 0 spiro atoms. The Morgan fingerprint density at radius 1 is 1.10 bits per heavy atom. The Bertz CT molecular complexity index is 682. The molecule has 0 aliphatic rings. The zero-order chi connectivity index (χ0) is 14.7. The van der Waals surface area contributed by atoms with E-state index in [0.717, 1.165) is 28.9 Å². The van der Waals surface area contributed by atoms with Crippen molar-refractivity contribution in [2.24, 2.45) is 0 Å². The number of nitrogens with one attached hydrogen (secondary N) is 1. The molecule has 0 aliphatic carbocycles. The molecular weight excluding hydrogens is 262 g/mol. The molecule has 108 valence electrons. The fourth-order valence-electron chi connectivity index (χ4n) is 2.52. The number of benzene rings is 2. The second-order valence-electron chi connectivity index (χ2n) is 5.08. The van der Waals surface area contributed by atoms with Gasteiger partial charge in [-0.2, -0.15) is 0 Å². The number of rotatable bonds is 5. The Hall–Kier alpha value is -2.26. The zero-order valence-electron chi connectivity index (χ0n) is 12.3. The van der Waals surface area contributed by atoms with Gasteiger partial charge in [0.25, 0.3) is 0 Å². The lowest BCUT2D eigenvalue weighted by Gasteiger charge is -2.13. The van der Waals surface area contributed by atoms with E-state index in [1.165, 1.54) is 5.56 Å². The van der Waals surface area contributed by atoms with Gasteiger partial charge in [-0.05, 0) is 43.3 Å². The van der Waals surface area contributed by atoms with E-state index in [2.05, 4.69) is 29.6 Å². The highest BCUT2D eigenvalue weighted by Gasteiger charge is 2.15. The van der Waals surface area contributed by atoms with Crippen LogP contribution >= 0.6 is 0 Å². The van der Waals surface area contributed by atoms with Gasteiger partial charge in [-0.1, -0.05) is 30.3 Å². The van der Waals surface area contributed by atoms with Crippen LogP contribution in [0.5, 0.6) is 5.75 Å². The number of ether oxygens (including phenoxy) is 1. The molecule has 3 aromatic rings. The first-order chi connectivity index (χ1) is 10.3. The topological polar surface area (TPSA) is 34.4 Å². The molecule has 1 unspecified atom stereocenters. The Balaban J connectivity index is 1.83. The average Bonchev–Trinajstić information content (AvgIpc) is 2.97. The molecule has 0 radical (unpaired) electrons. The first kappa shape index (κ1) is 13.7. The summed E-state index contributed by atoms with van der Waals surface area (Å²) >= 11 is 0. The van der Waals surface area contributed by atoms with Crippen LogP contribution in [0.2, 0.25) is 0 Å². The van der Waals surface area contributed by atoms with Crippen LogP contribution in [0.15, 0.2) is 59.0 Å². The predicted octanol–water partition coefficient (Wildman–Crippen LogP) is 3.94. The SMILES string of the molecule is CNC(Cc1ccc(OC)cc1)c1cc2ccccc2o1. The van der Waals surface area contributed by atoms with Gasteiger partial charge < -0.3 is 14.5 Å². The molecule has 2 aromatic carbocycles. The highest BCUT2D eigenvalue weighted by atomic mass is 16.5. The molecule has 0 fully saturated rings. The van der Waals surface area contributed by atoms with Gasteiger partial charge in [0.15, 0.2) is 0 Å². The van der Waals surface area contributed by atoms with Crippen molar-refractivity contribution in [2.45, 2.75) is 12.5 Å². The van der Waals surface area contributed by atoms with Crippen molar-refractivity contribution in [2.75, 3.05) is 14.2 Å². The van der Waals surface area contributed by atoms with Crippen molar-refractivity contribution in [1.29, 1.82) is 0 Å². The lowest BCUT2D eigenvalue weighted by Crippen LogP contribution is -2.18. The van der Waals surface area contributed by atoms with E-state index in [1.807, 2.05) is 37.4 Å². The van der Waals surface area contributed by atoms with Crippen LogP contribution < -0.4 is 10.1 Å². The van der Waals surface area contributed by atoms with Gasteiger partial charge in [0.05, 0.1) is 13.2 Å². The van der Waals surface area contributed by atoms with Gasteiger partial charge >= 0.3 is 0 Å². The Morgan fingerprint density at radius 3 is 2.52 bits per heavy atom. The van der Waals surface area contributed by atoms with Crippen molar-refractivity contribution in [3.63, 3.8) is 0 Å². The number of fused-ring (bicyclic) bond motifs is 1. The Morgan fingerprint density at radius 2 is 1.86 bits per heavy atom. The molecule has 1 N–H and O–H groups in total. The molecule has 1 atom stereocenters. The number of hydrogen-bond acceptors (Lipinski definition) is 3. The standard InChI is InChI=1S/C18H19NO2/c1-19-16(11-13-7-9-15(20-2)10-8-13)18-12-14-5-3-4-6-17(14)21-18/h3-10,12,16,19H,11H2,1-2H3. The number of furan rings is 1. The summed E-state index contributed by atoms with van der Waals surface area (Å²) in [6, 6.07) is 18.5. The van der Waals surface area contributed by atoms with Gasteiger partial charge in [-0.15, -0.1) is 0 Å². The number of para-hydroxylation sites is 1. The monoisotopic (exact) mass is 281 g/mol. The molecule has 0 bridgehead atoms. The van der Waals surface area contributed by atoms with Gasteiger partial charge in [-0.25, -0.2) is 0 Å². The van der Waals surface area contributed by atoms with Gasteiger partial charge in [0.2, 0.25) is 0 Å². The van der Waals surface area contributed by atoms with Gasteiger partial charge in [-0.3, -0.25) is 0 Å². The summed E-state index contributed by atoms with van der Waals surface area (Å²) in [4.78, 5) is 0. The normalized spacial score (nSPS) is 12.5. The van der Waals surface area contributed by atoms with Crippen LogP contribution in [-0.2, 0) is 6.42 Å². The van der Waals surface area contributed by atoms with E-state index < -0.39 is 0 Å². The van der Waals surface area contributed by atoms with Crippen LogP contribution in [0, 0.1) is 0 Å². The molecular formula is C18H19NO2. The summed E-state index contributed by atoms with van der Waals surface area (Å²) in [5.74, 6) is 1.85. The van der Waals surface area contributed by atoms with Crippen LogP contribution in [0.25, 0.3) is 11.0 Å². The highest BCUT2D eigenvalue weighted by molar-refractivity contribution is 5.77. The molecule has 0 amide bonds. The van der Waals surface area contributed by atoms with E-state index in [1.54, 1.807) is 7.11 Å². The maximum absolute atomic E-state index is 5.95. The van der Waals surface area contributed by atoms with E-state index in [-0.39, 0.29) is 6.04 Å². The first-order valence-electron chi connectivity index (χ1n) is 7.09. The van der Waals surface area contributed by atoms with E-state index >= 15 is 0 Å². The lowest BCUT2D eigenvalue weighted by atomic mass is 10.0. The summed E-state index contributed by atoms with van der Waals surface area (Å²) in [7, 11) is 3.64. The fourth-order valence-corrected chi connectivity index (χ4v) is 2.52. The smallest absolute Gasteiger partial charge is 0.134 e. The molecule has 3 heteroatoms. The maximum atomic E-state index is 5.95. The quantitative estimate of drug-likeness (QED) is 0.769. The Labute approximate surface area is 124 Å². The molecule has 0 aliphatic heterocycles. The molecule has 3 rings (SSSR count). The van der Waals surface area contributed by atoms with Crippen molar-refractivity contribution >= 4 is 11.0 Å². The van der Waals surface area contributed by atoms with Crippen LogP contribution in [0.3, 0.4) is 0 Å². The largest absolute Gasteiger partial charge is 0.497 e. The third-order valence-electron chi connectivity index (χ3n) is 3.74. The van der Waals surface area contributed by atoms with E-state index in [9.17, 15) is 0 Å². The molecule has 3 nitrogen and oxygen atoms in total. The second-order valence-corrected chi connectivity index (χ2v) is 5.08. The molecule has 1 aromatic heterocycles. The van der Waals surface area contributed by atoms with Crippen molar-refractivity contribution in [1.82, 2.24) is 5.32 Å². The van der Waals surface area contributed by atoms with Crippen LogP contribution in [0.1, 0.15) is 17.4 Å². The lowest BCUT2D eigenvalue weighted by molar-refractivity contribution is 0.414. The fraction of sp³-hybridized carbons (Fsp3) is 0.222. The third-order valence-corrected chi connectivity index (χ3v) is 3.74. The maximum Gasteiger partial charge on any atom is 0.134 e. The molecule has 1 heterocycles. The number of likely N-dealkylation sites (N-methyl/N-ethyl adjacent to an activating group) is 1. The predicted molar refractivity (Wildman–Crippen MR) is 84.7 cm³/mol. The summed E-state index contributed by atoms with van der Waals surface area (Å²) in [5, 5.41) is 4.47. The minimum atomic E-state index is 0.158. The number of methoxy groups -OCH3 is 1. The summed E-state index contributed by atoms with van der Waals surface area (Å²) in [6.45, 7) is 0.